The van der Waals surface area contributed by atoms with Crippen molar-refractivity contribution in [2.24, 2.45) is 0 Å². The van der Waals surface area contributed by atoms with Gasteiger partial charge < -0.3 is 14.2 Å². The predicted octanol–water partition coefficient (Wildman–Crippen LogP) is 22.9. The topological polar surface area (TPSA) is 78.9 Å². The number of carbonyl (C=O) groups is 3. The first-order valence-corrected chi connectivity index (χ1v) is 33.0. The fourth-order valence-corrected chi connectivity index (χ4v) is 8.62. The summed E-state index contributed by atoms with van der Waals surface area (Å²) in [5.41, 5.74) is 0. The Bertz CT molecular complexity index is 1810. The second kappa shape index (κ2) is 67.5. The highest BCUT2D eigenvalue weighted by molar-refractivity contribution is 5.71. The molecule has 0 aromatic carbocycles. The molecular formula is C75H120O6. The minimum absolute atomic E-state index is 0.111. The summed E-state index contributed by atoms with van der Waals surface area (Å²) >= 11 is 0. The van der Waals surface area contributed by atoms with Gasteiger partial charge in [0.15, 0.2) is 6.10 Å². The van der Waals surface area contributed by atoms with Gasteiger partial charge in [-0.25, -0.2) is 0 Å². The molecule has 456 valence electrons. The van der Waals surface area contributed by atoms with E-state index in [-0.39, 0.29) is 37.5 Å². The minimum atomic E-state index is -0.821. The van der Waals surface area contributed by atoms with E-state index in [1.807, 2.05) is 0 Å². The summed E-state index contributed by atoms with van der Waals surface area (Å²) in [5, 5.41) is 0. The van der Waals surface area contributed by atoms with Crippen molar-refractivity contribution in [3.63, 3.8) is 0 Å². The van der Waals surface area contributed by atoms with Crippen molar-refractivity contribution in [1.82, 2.24) is 0 Å². The van der Waals surface area contributed by atoms with Crippen molar-refractivity contribution < 1.29 is 28.6 Å². The van der Waals surface area contributed by atoms with Gasteiger partial charge in [0, 0.05) is 19.3 Å². The standard InChI is InChI=1S/C75H120O6/c1-4-7-10-13-16-19-22-25-28-31-34-35-36-37-38-39-42-44-47-50-53-56-59-62-65-68-74(77)80-71-72(81-75(78)69-66-63-60-57-54-51-48-45-41-33-30-27-24-21-18-15-12-9-6-3)70-79-73(76)67-64-61-58-55-52-49-46-43-40-32-29-26-23-20-17-14-11-8-5-2/h8-9,11-12,17-18,20-22,25-27,29-31,34,36-37,40-41,43,45,49,51-52,54,72H,4-7,10,13-16,19,23-24,28,32-33,35,38-39,42,44,46-48,50,53,55-71H2,1-3H3/b11-8-,12-9-,20-17-,21-18-,25-22-,29-26-,30-27-,34-31-,37-36-,43-40-,45-41-,52-49-,54-51-. The number of ether oxygens (including phenoxy) is 3. The molecule has 0 aliphatic rings. The molecule has 0 heterocycles. The molecule has 1 atom stereocenters. The van der Waals surface area contributed by atoms with Gasteiger partial charge in [-0.3, -0.25) is 14.4 Å². The molecule has 1 unspecified atom stereocenters. The molecule has 0 aromatic heterocycles. The molecule has 0 aromatic rings. The van der Waals surface area contributed by atoms with E-state index in [0.29, 0.717) is 19.3 Å². The number of esters is 3. The molecule has 0 bridgehead atoms. The molecule has 0 rings (SSSR count). The first-order chi connectivity index (χ1) is 40.0. The quantitative estimate of drug-likeness (QED) is 0.0261. The Morgan fingerprint density at radius 2 is 0.481 bits per heavy atom. The minimum Gasteiger partial charge on any atom is -0.462 e. The Morgan fingerprint density at radius 1 is 0.259 bits per heavy atom. The van der Waals surface area contributed by atoms with Crippen molar-refractivity contribution in [2.45, 2.75) is 284 Å². The van der Waals surface area contributed by atoms with Crippen LogP contribution in [0.15, 0.2) is 158 Å². The van der Waals surface area contributed by atoms with E-state index in [0.717, 1.165) is 141 Å². The number of hydrogen-bond acceptors (Lipinski definition) is 6. The zero-order valence-electron chi connectivity index (χ0n) is 52.2. The highest BCUT2D eigenvalue weighted by Crippen LogP contribution is 2.15. The van der Waals surface area contributed by atoms with Gasteiger partial charge in [-0.2, -0.15) is 0 Å². The Balaban J connectivity index is 4.50. The van der Waals surface area contributed by atoms with Crippen LogP contribution in [0.5, 0.6) is 0 Å². The van der Waals surface area contributed by atoms with Gasteiger partial charge >= 0.3 is 17.9 Å². The van der Waals surface area contributed by atoms with Gasteiger partial charge in [0.25, 0.3) is 0 Å². The first kappa shape index (κ1) is 76.0. The lowest BCUT2D eigenvalue weighted by Gasteiger charge is -2.18. The molecule has 0 aliphatic heterocycles. The van der Waals surface area contributed by atoms with Gasteiger partial charge in [-0.1, -0.05) is 269 Å². The molecule has 0 saturated carbocycles. The number of hydrogen-bond donors (Lipinski definition) is 0. The van der Waals surface area contributed by atoms with Crippen LogP contribution >= 0.6 is 0 Å². The Hall–Kier alpha value is -4.97. The molecule has 81 heavy (non-hydrogen) atoms. The summed E-state index contributed by atoms with van der Waals surface area (Å²) in [6, 6.07) is 0. The Kier molecular flexibility index (Phi) is 63.4. The van der Waals surface area contributed by atoms with Crippen molar-refractivity contribution in [2.75, 3.05) is 13.2 Å². The van der Waals surface area contributed by atoms with Crippen LogP contribution in [0.25, 0.3) is 0 Å². The maximum atomic E-state index is 12.9. The molecule has 6 heteroatoms. The smallest absolute Gasteiger partial charge is 0.306 e. The molecule has 6 nitrogen and oxygen atoms in total. The summed E-state index contributed by atoms with van der Waals surface area (Å²) in [6.07, 6.45) is 98.2. The van der Waals surface area contributed by atoms with Gasteiger partial charge in [-0.05, 0) is 148 Å². The van der Waals surface area contributed by atoms with E-state index in [9.17, 15) is 14.4 Å². The average molecular weight is 1120 g/mol. The molecule has 0 N–H and O–H groups in total. The summed E-state index contributed by atoms with van der Waals surface area (Å²) in [4.78, 5) is 38.4. The Labute approximate surface area is 499 Å². The average Bonchev–Trinajstić information content (AvgIpc) is 3.47. The summed E-state index contributed by atoms with van der Waals surface area (Å²) in [5.74, 6) is -0.982. The van der Waals surface area contributed by atoms with Gasteiger partial charge in [0.05, 0.1) is 0 Å². The van der Waals surface area contributed by atoms with Crippen LogP contribution in [-0.4, -0.2) is 37.2 Å². The monoisotopic (exact) mass is 1120 g/mol. The maximum absolute atomic E-state index is 12.9. The fraction of sp³-hybridized carbons (Fsp3) is 0.613. The summed E-state index contributed by atoms with van der Waals surface area (Å²) in [6.45, 7) is 6.35. The highest BCUT2D eigenvalue weighted by Gasteiger charge is 2.19. The first-order valence-electron chi connectivity index (χ1n) is 33.0. The number of rotatable bonds is 58. The Morgan fingerprint density at radius 3 is 0.765 bits per heavy atom. The van der Waals surface area contributed by atoms with Crippen molar-refractivity contribution in [1.29, 1.82) is 0 Å². The van der Waals surface area contributed by atoms with Crippen LogP contribution in [0.3, 0.4) is 0 Å². The zero-order valence-corrected chi connectivity index (χ0v) is 52.2. The van der Waals surface area contributed by atoms with E-state index in [1.54, 1.807) is 0 Å². The lowest BCUT2D eigenvalue weighted by atomic mass is 10.1. The van der Waals surface area contributed by atoms with E-state index in [2.05, 4.69) is 179 Å². The van der Waals surface area contributed by atoms with Crippen LogP contribution in [0.1, 0.15) is 278 Å². The van der Waals surface area contributed by atoms with E-state index >= 15 is 0 Å². The van der Waals surface area contributed by atoms with Gasteiger partial charge in [-0.15, -0.1) is 0 Å². The molecular weight excluding hydrogens is 997 g/mol. The fourth-order valence-electron chi connectivity index (χ4n) is 8.62. The molecule has 0 amide bonds. The number of carbonyl (C=O) groups excluding carboxylic acids is 3. The molecule has 0 aliphatic carbocycles. The van der Waals surface area contributed by atoms with E-state index in [1.165, 1.54) is 89.9 Å². The van der Waals surface area contributed by atoms with Gasteiger partial charge in [0.2, 0.25) is 0 Å². The normalized spacial score (nSPS) is 13.2. The van der Waals surface area contributed by atoms with Crippen molar-refractivity contribution >= 4 is 17.9 Å². The lowest BCUT2D eigenvalue weighted by Crippen LogP contribution is -2.30. The van der Waals surface area contributed by atoms with Crippen LogP contribution in [0.4, 0.5) is 0 Å². The third-order valence-electron chi connectivity index (χ3n) is 13.5. The second-order valence-electron chi connectivity index (χ2n) is 21.3. The maximum Gasteiger partial charge on any atom is 0.306 e. The van der Waals surface area contributed by atoms with Crippen LogP contribution in [-0.2, 0) is 28.6 Å². The molecule has 0 saturated heterocycles. The van der Waals surface area contributed by atoms with Crippen LogP contribution in [0.2, 0.25) is 0 Å². The molecule has 0 spiro atoms. The lowest BCUT2D eigenvalue weighted by molar-refractivity contribution is -0.167. The van der Waals surface area contributed by atoms with Crippen molar-refractivity contribution in [3.8, 4) is 0 Å². The number of unbranched alkanes of at least 4 members (excludes halogenated alkanes) is 21. The predicted molar refractivity (Wildman–Crippen MR) is 352 cm³/mol. The second-order valence-corrected chi connectivity index (χ2v) is 21.3. The van der Waals surface area contributed by atoms with Gasteiger partial charge in [0.1, 0.15) is 13.2 Å². The molecule has 0 fully saturated rings. The van der Waals surface area contributed by atoms with E-state index < -0.39 is 6.10 Å². The third-order valence-corrected chi connectivity index (χ3v) is 13.5. The largest absolute Gasteiger partial charge is 0.462 e. The zero-order chi connectivity index (χ0) is 58.5. The molecule has 0 radical (unpaired) electrons. The third kappa shape index (κ3) is 65.7. The SMILES string of the molecule is CC/C=C\C/C=C\C/C=C\C/C=C\C/C=C\CCCCCC(=O)OCC(COC(=O)CCCCCCCCCCCC/C=C\C/C=C\C/C=C\CCCCCCC)OC(=O)CCCCC/C=C\C/C=C\C/C=C\C/C=C\C/C=C\CC. The summed E-state index contributed by atoms with van der Waals surface area (Å²) < 4.78 is 16.9. The number of allylic oxidation sites excluding steroid dienone is 26. The van der Waals surface area contributed by atoms with E-state index in [4.69, 9.17) is 14.2 Å². The summed E-state index contributed by atoms with van der Waals surface area (Å²) in [7, 11) is 0. The van der Waals surface area contributed by atoms with Crippen LogP contribution in [0, 0.1) is 0 Å². The van der Waals surface area contributed by atoms with Crippen molar-refractivity contribution in [3.05, 3.63) is 158 Å². The highest BCUT2D eigenvalue weighted by atomic mass is 16.6. The van der Waals surface area contributed by atoms with Crippen LogP contribution < -0.4 is 0 Å².